The van der Waals surface area contributed by atoms with Crippen LogP contribution in [-0.4, -0.2) is 38.9 Å². The van der Waals surface area contributed by atoms with Crippen molar-refractivity contribution in [3.8, 4) is 5.75 Å². The third-order valence-electron chi connectivity index (χ3n) is 4.56. The average Bonchev–Trinajstić information content (AvgIpc) is 2.66. The van der Waals surface area contributed by atoms with E-state index in [9.17, 15) is 13.2 Å². The van der Waals surface area contributed by atoms with Gasteiger partial charge in [-0.1, -0.05) is 35.9 Å². The van der Waals surface area contributed by atoms with Crippen LogP contribution in [0.15, 0.2) is 47.4 Å². The third kappa shape index (κ3) is 4.26. The summed E-state index contributed by atoms with van der Waals surface area (Å²) >= 11 is 5.93. The number of benzene rings is 2. The molecule has 6 nitrogen and oxygen atoms in total. The predicted octanol–water partition coefficient (Wildman–Crippen LogP) is 2.60. The quantitative estimate of drug-likeness (QED) is 0.825. The molecule has 0 bridgehead atoms. The van der Waals surface area contributed by atoms with Crippen molar-refractivity contribution in [1.82, 2.24) is 9.62 Å². The highest BCUT2D eigenvalue weighted by molar-refractivity contribution is 7.89. The molecule has 0 spiro atoms. The van der Waals surface area contributed by atoms with Crippen molar-refractivity contribution in [2.24, 2.45) is 0 Å². The molecule has 1 atom stereocenters. The van der Waals surface area contributed by atoms with E-state index >= 15 is 0 Å². The lowest BCUT2D eigenvalue weighted by molar-refractivity contribution is -0.133. The summed E-state index contributed by atoms with van der Waals surface area (Å²) in [7, 11) is -2.60. The van der Waals surface area contributed by atoms with Crippen molar-refractivity contribution in [1.29, 1.82) is 0 Å². The molecule has 0 fully saturated rings. The molecule has 1 unspecified atom stereocenters. The van der Waals surface area contributed by atoms with Crippen LogP contribution in [0, 0.1) is 0 Å². The maximum Gasteiger partial charge on any atom is 0.245 e. The Bertz CT molecular complexity index is 962. The van der Waals surface area contributed by atoms with E-state index in [0.29, 0.717) is 13.1 Å². The number of nitrogens with zero attached hydrogens (tertiary/aromatic N) is 1. The Labute approximate surface area is 164 Å². The molecular weight excluding hydrogens is 388 g/mol. The maximum absolute atomic E-state index is 12.8. The number of ether oxygens (including phenoxy) is 1. The van der Waals surface area contributed by atoms with Crippen LogP contribution in [0.5, 0.6) is 5.75 Å². The van der Waals surface area contributed by atoms with E-state index in [1.54, 1.807) is 11.0 Å². The fraction of sp³-hybridized carbons (Fsp3) is 0.316. The zero-order valence-corrected chi connectivity index (χ0v) is 16.7. The van der Waals surface area contributed by atoms with Crippen LogP contribution in [0.25, 0.3) is 0 Å². The van der Waals surface area contributed by atoms with Gasteiger partial charge in [0, 0.05) is 18.1 Å². The lowest BCUT2D eigenvalue weighted by Gasteiger charge is -2.31. The molecule has 1 aliphatic heterocycles. The first-order valence-electron chi connectivity index (χ1n) is 8.53. The van der Waals surface area contributed by atoms with Crippen molar-refractivity contribution < 1.29 is 17.9 Å². The zero-order chi connectivity index (χ0) is 19.6. The SMILES string of the molecule is COc1ccc(Cl)cc1S(=O)(=O)NC(C)C(=O)N1CCc2ccccc2C1. The van der Waals surface area contributed by atoms with Crippen molar-refractivity contribution in [2.75, 3.05) is 13.7 Å². The van der Waals surface area contributed by atoms with E-state index in [2.05, 4.69) is 10.8 Å². The zero-order valence-electron chi connectivity index (χ0n) is 15.1. The summed E-state index contributed by atoms with van der Waals surface area (Å²) in [5.74, 6) is -0.104. The molecule has 27 heavy (non-hydrogen) atoms. The Hall–Kier alpha value is -2.09. The summed E-state index contributed by atoms with van der Waals surface area (Å²) < 4.78 is 33.0. The Morgan fingerprint density at radius 2 is 1.93 bits per heavy atom. The molecule has 0 saturated carbocycles. The number of hydrogen-bond donors (Lipinski definition) is 1. The monoisotopic (exact) mass is 408 g/mol. The standard InChI is InChI=1S/C19H21ClN2O4S/c1-13(19(23)22-10-9-14-5-3-4-6-15(14)12-22)21-27(24,25)18-11-16(20)7-8-17(18)26-2/h3-8,11,13,21H,9-10,12H2,1-2H3. The van der Waals surface area contributed by atoms with Crippen molar-refractivity contribution in [2.45, 2.75) is 30.8 Å². The third-order valence-corrected chi connectivity index (χ3v) is 6.36. The predicted molar refractivity (Wildman–Crippen MR) is 103 cm³/mol. The summed E-state index contributed by atoms with van der Waals surface area (Å²) in [6, 6.07) is 11.4. The van der Waals surface area contributed by atoms with E-state index in [0.717, 1.165) is 12.0 Å². The molecule has 1 aliphatic rings. The lowest BCUT2D eigenvalue weighted by Crippen LogP contribution is -2.48. The first-order valence-corrected chi connectivity index (χ1v) is 10.4. The van der Waals surface area contributed by atoms with Crippen LogP contribution in [0.3, 0.4) is 0 Å². The van der Waals surface area contributed by atoms with Gasteiger partial charge in [-0.05, 0) is 42.7 Å². The van der Waals surface area contributed by atoms with E-state index in [1.807, 2.05) is 18.2 Å². The average molecular weight is 409 g/mol. The second kappa shape index (κ2) is 7.88. The Morgan fingerprint density at radius 3 is 2.63 bits per heavy atom. The summed E-state index contributed by atoms with van der Waals surface area (Å²) in [6.07, 6.45) is 0.753. The minimum Gasteiger partial charge on any atom is -0.495 e. The smallest absolute Gasteiger partial charge is 0.245 e. The van der Waals surface area contributed by atoms with Gasteiger partial charge in [0.15, 0.2) is 0 Å². The fourth-order valence-corrected chi connectivity index (χ4v) is 4.79. The molecule has 0 radical (unpaired) electrons. The van der Waals surface area contributed by atoms with Gasteiger partial charge in [-0.25, -0.2) is 8.42 Å². The summed E-state index contributed by atoms with van der Waals surface area (Å²) in [4.78, 5) is 14.4. The molecule has 0 saturated heterocycles. The van der Waals surface area contributed by atoms with Crippen LogP contribution < -0.4 is 9.46 Å². The van der Waals surface area contributed by atoms with Gasteiger partial charge in [0.05, 0.1) is 13.2 Å². The van der Waals surface area contributed by atoms with Gasteiger partial charge in [0.25, 0.3) is 0 Å². The van der Waals surface area contributed by atoms with E-state index in [-0.39, 0.29) is 21.6 Å². The van der Waals surface area contributed by atoms with Crippen molar-refractivity contribution in [3.05, 3.63) is 58.6 Å². The van der Waals surface area contributed by atoms with E-state index in [4.69, 9.17) is 16.3 Å². The van der Waals surface area contributed by atoms with E-state index in [1.165, 1.54) is 31.7 Å². The second-order valence-corrected chi connectivity index (χ2v) is 8.54. The van der Waals surface area contributed by atoms with Crippen LogP contribution in [0.2, 0.25) is 5.02 Å². The maximum atomic E-state index is 12.8. The normalized spacial score (nSPS) is 15.1. The number of halogens is 1. The number of amides is 1. The molecule has 1 heterocycles. The van der Waals surface area contributed by atoms with Gasteiger partial charge >= 0.3 is 0 Å². The molecule has 3 rings (SSSR count). The molecule has 8 heteroatoms. The van der Waals surface area contributed by atoms with Crippen molar-refractivity contribution >= 4 is 27.5 Å². The molecule has 0 aliphatic carbocycles. The molecule has 2 aromatic carbocycles. The molecule has 144 valence electrons. The number of methoxy groups -OCH3 is 1. The van der Waals surface area contributed by atoms with Gasteiger partial charge in [0.2, 0.25) is 15.9 Å². The van der Waals surface area contributed by atoms with Crippen LogP contribution in [-0.2, 0) is 27.8 Å². The molecule has 1 N–H and O–H groups in total. The van der Waals surface area contributed by atoms with Crippen LogP contribution in [0.1, 0.15) is 18.1 Å². The number of nitrogens with one attached hydrogen (secondary N) is 1. The van der Waals surface area contributed by atoms with Crippen LogP contribution >= 0.6 is 11.6 Å². The number of rotatable bonds is 5. The first kappa shape index (κ1) is 19.7. The first-order chi connectivity index (χ1) is 12.8. The minimum absolute atomic E-state index is 0.0962. The highest BCUT2D eigenvalue weighted by atomic mass is 35.5. The fourth-order valence-electron chi connectivity index (χ4n) is 3.16. The Kier molecular flexibility index (Phi) is 5.74. The number of fused-ring (bicyclic) bond motifs is 1. The summed E-state index contributed by atoms with van der Waals surface area (Å²) in [6.45, 7) is 2.57. The highest BCUT2D eigenvalue weighted by Crippen LogP contribution is 2.27. The molecular formula is C19H21ClN2O4S. The largest absolute Gasteiger partial charge is 0.495 e. The van der Waals surface area contributed by atoms with Gasteiger partial charge < -0.3 is 9.64 Å². The van der Waals surface area contributed by atoms with Gasteiger partial charge in [-0.3, -0.25) is 4.79 Å². The number of carbonyl (C=O) groups is 1. The minimum atomic E-state index is -3.98. The van der Waals surface area contributed by atoms with Gasteiger partial charge in [-0.2, -0.15) is 4.72 Å². The number of sulfonamides is 1. The van der Waals surface area contributed by atoms with E-state index < -0.39 is 16.1 Å². The van der Waals surface area contributed by atoms with Gasteiger partial charge in [-0.15, -0.1) is 0 Å². The second-order valence-electron chi connectivity index (χ2n) is 6.42. The summed E-state index contributed by atoms with van der Waals surface area (Å²) in [5, 5.41) is 0.266. The topological polar surface area (TPSA) is 75.7 Å². The lowest BCUT2D eigenvalue weighted by atomic mass is 9.99. The molecule has 0 aromatic heterocycles. The number of carbonyl (C=O) groups excluding carboxylic acids is 1. The summed E-state index contributed by atoms with van der Waals surface area (Å²) in [5.41, 5.74) is 2.31. The molecule has 2 aromatic rings. The highest BCUT2D eigenvalue weighted by Gasteiger charge is 2.29. The van der Waals surface area contributed by atoms with Crippen molar-refractivity contribution in [3.63, 3.8) is 0 Å². The Balaban J connectivity index is 1.76. The molecule has 1 amide bonds. The van der Waals surface area contributed by atoms with Gasteiger partial charge in [0.1, 0.15) is 10.6 Å². The van der Waals surface area contributed by atoms with Crippen LogP contribution in [0.4, 0.5) is 0 Å². The Morgan fingerprint density at radius 1 is 1.22 bits per heavy atom. The number of hydrogen-bond acceptors (Lipinski definition) is 4.